The Morgan fingerprint density at radius 2 is 1.90 bits per heavy atom. The van der Waals surface area contributed by atoms with Crippen LogP contribution in [0.5, 0.6) is 0 Å². The lowest BCUT2D eigenvalue weighted by atomic mass is 10.1. The van der Waals surface area contributed by atoms with Gasteiger partial charge in [-0.25, -0.2) is 14.6 Å². The molecule has 30 heavy (non-hydrogen) atoms. The molecule has 0 aliphatic heterocycles. The van der Waals surface area contributed by atoms with Crippen molar-refractivity contribution in [2.45, 2.75) is 32.4 Å². The normalized spacial score (nSPS) is 11.9. The molecule has 7 nitrogen and oxygen atoms in total. The van der Waals surface area contributed by atoms with Crippen molar-refractivity contribution in [3.63, 3.8) is 0 Å². The number of nitrogens with zero attached hydrogens (tertiary/aromatic N) is 6. The number of hydrogen-bond acceptors (Lipinski definition) is 6. The number of ether oxygens (including phenoxy) is 1. The lowest BCUT2D eigenvalue weighted by molar-refractivity contribution is 0.0802. The van der Waals surface area contributed by atoms with Crippen LogP contribution in [-0.4, -0.2) is 44.4 Å². The van der Waals surface area contributed by atoms with Crippen LogP contribution in [-0.2, 0) is 11.5 Å². The van der Waals surface area contributed by atoms with E-state index in [9.17, 15) is 0 Å². The van der Waals surface area contributed by atoms with Crippen molar-refractivity contribution in [2.24, 2.45) is 0 Å². The van der Waals surface area contributed by atoms with Crippen LogP contribution in [0.2, 0.25) is 30.8 Å². The summed E-state index contributed by atoms with van der Waals surface area (Å²) in [5.74, 6) is 0. The molecule has 0 fully saturated rings. The summed E-state index contributed by atoms with van der Waals surface area (Å²) in [5, 5.41) is 6.08. The molecule has 0 amide bonds. The Kier molecular flexibility index (Phi) is 5.89. The Balaban J connectivity index is 1.75. The Hall–Kier alpha value is -2.68. The quantitative estimate of drug-likeness (QED) is 0.231. The highest BCUT2D eigenvalue weighted by Gasteiger charge is 2.17. The molecule has 4 rings (SSSR count). The Morgan fingerprint density at radius 3 is 2.63 bits per heavy atom. The fraction of sp³-hybridized carbons (Fsp3) is 0.286. The fourth-order valence-corrected chi connectivity index (χ4v) is 4.00. The zero-order valence-corrected chi connectivity index (χ0v) is 19.0. The number of benzene rings is 1. The smallest absolute Gasteiger partial charge is 0.140 e. The third-order valence-corrected chi connectivity index (χ3v) is 6.59. The lowest BCUT2D eigenvalue weighted by Crippen LogP contribution is -2.22. The van der Waals surface area contributed by atoms with E-state index in [-0.39, 0.29) is 0 Å². The number of aromatic nitrogens is 6. The van der Waals surface area contributed by atoms with Crippen molar-refractivity contribution >= 4 is 30.6 Å². The van der Waals surface area contributed by atoms with E-state index < -0.39 is 8.07 Å². The number of hydrogen-bond donors (Lipinski definition) is 0. The predicted octanol–water partition coefficient (Wildman–Crippen LogP) is 4.92. The monoisotopic (exact) mass is 438 g/mol. The summed E-state index contributed by atoms with van der Waals surface area (Å²) in [4.78, 5) is 17.0. The Labute approximate surface area is 181 Å². The van der Waals surface area contributed by atoms with Gasteiger partial charge in [0, 0.05) is 44.1 Å². The maximum Gasteiger partial charge on any atom is 0.140 e. The number of rotatable bonds is 7. The molecule has 0 spiro atoms. The summed E-state index contributed by atoms with van der Waals surface area (Å²) in [7, 11) is -1.16. The van der Waals surface area contributed by atoms with Crippen LogP contribution in [0.15, 0.2) is 49.2 Å². The SMILES string of the molecule is C[Si](C)(C)CCOCn1nc2ccc(-c3cnccn3)cc2c1-c1cc(Cl)ncn1. The van der Waals surface area contributed by atoms with Gasteiger partial charge in [-0.1, -0.05) is 37.3 Å². The largest absolute Gasteiger partial charge is 0.360 e. The summed E-state index contributed by atoms with van der Waals surface area (Å²) >= 11 is 6.14. The topological polar surface area (TPSA) is 78.6 Å². The van der Waals surface area contributed by atoms with Gasteiger partial charge in [0.05, 0.1) is 28.8 Å². The molecule has 3 heterocycles. The molecular weight excluding hydrogens is 416 g/mol. The van der Waals surface area contributed by atoms with Gasteiger partial charge in [0.15, 0.2) is 0 Å². The summed E-state index contributed by atoms with van der Waals surface area (Å²) in [6, 6.07) is 8.86. The van der Waals surface area contributed by atoms with Crippen molar-refractivity contribution in [1.82, 2.24) is 29.7 Å². The maximum atomic E-state index is 6.14. The molecule has 154 valence electrons. The summed E-state index contributed by atoms with van der Waals surface area (Å²) in [5.41, 5.74) is 4.14. The van der Waals surface area contributed by atoms with E-state index in [0.717, 1.165) is 33.9 Å². The van der Waals surface area contributed by atoms with Gasteiger partial charge >= 0.3 is 0 Å². The zero-order chi connectivity index (χ0) is 21.1. The predicted molar refractivity (Wildman–Crippen MR) is 121 cm³/mol. The van der Waals surface area contributed by atoms with E-state index >= 15 is 0 Å². The van der Waals surface area contributed by atoms with E-state index in [2.05, 4.69) is 45.6 Å². The molecule has 0 saturated carbocycles. The average Bonchev–Trinajstić information content (AvgIpc) is 3.08. The van der Waals surface area contributed by atoms with Gasteiger partial charge in [0.2, 0.25) is 0 Å². The summed E-state index contributed by atoms with van der Waals surface area (Å²) in [6.07, 6.45) is 6.54. The molecule has 0 unspecified atom stereocenters. The molecule has 9 heteroatoms. The first-order valence-corrected chi connectivity index (χ1v) is 13.8. The van der Waals surface area contributed by atoms with Crippen LogP contribution in [0.1, 0.15) is 0 Å². The van der Waals surface area contributed by atoms with Crippen molar-refractivity contribution in [3.05, 3.63) is 54.3 Å². The van der Waals surface area contributed by atoms with Crippen LogP contribution < -0.4 is 0 Å². The number of halogens is 1. The van der Waals surface area contributed by atoms with Gasteiger partial charge in [0.25, 0.3) is 0 Å². The minimum Gasteiger partial charge on any atom is -0.360 e. The Bertz CT molecular complexity index is 1160. The van der Waals surface area contributed by atoms with Crippen LogP contribution in [0, 0.1) is 0 Å². The maximum absolute atomic E-state index is 6.14. The highest BCUT2D eigenvalue weighted by molar-refractivity contribution is 6.76. The second kappa shape index (κ2) is 8.59. The highest BCUT2D eigenvalue weighted by atomic mass is 35.5. The second-order valence-corrected chi connectivity index (χ2v) is 14.3. The van der Waals surface area contributed by atoms with Gasteiger partial charge in [-0.3, -0.25) is 9.97 Å². The van der Waals surface area contributed by atoms with Crippen LogP contribution in [0.3, 0.4) is 0 Å². The highest BCUT2D eigenvalue weighted by Crippen LogP contribution is 2.31. The van der Waals surface area contributed by atoms with Gasteiger partial charge in [-0.2, -0.15) is 5.10 Å². The summed E-state index contributed by atoms with van der Waals surface area (Å²) < 4.78 is 7.81. The van der Waals surface area contributed by atoms with E-state index in [1.165, 1.54) is 6.33 Å². The van der Waals surface area contributed by atoms with Gasteiger partial charge in [-0.05, 0) is 18.2 Å². The van der Waals surface area contributed by atoms with Gasteiger partial charge in [-0.15, -0.1) is 0 Å². The molecule has 0 N–H and O–H groups in total. The van der Waals surface area contributed by atoms with E-state index in [0.29, 0.717) is 24.2 Å². The molecule has 0 aliphatic carbocycles. The van der Waals surface area contributed by atoms with Crippen molar-refractivity contribution < 1.29 is 4.74 Å². The molecule has 3 aromatic heterocycles. The van der Waals surface area contributed by atoms with E-state index in [4.69, 9.17) is 21.4 Å². The molecule has 4 aromatic rings. The number of fused-ring (bicyclic) bond motifs is 1. The molecule has 0 bridgehead atoms. The minimum absolute atomic E-state index is 0.344. The minimum atomic E-state index is -1.16. The van der Waals surface area contributed by atoms with E-state index in [1.807, 2.05) is 16.8 Å². The van der Waals surface area contributed by atoms with Crippen molar-refractivity contribution in [2.75, 3.05) is 6.61 Å². The summed E-state index contributed by atoms with van der Waals surface area (Å²) in [6.45, 7) is 8.06. The van der Waals surface area contributed by atoms with Gasteiger partial charge < -0.3 is 4.74 Å². The molecule has 0 saturated heterocycles. The lowest BCUT2D eigenvalue weighted by Gasteiger charge is -2.15. The zero-order valence-electron chi connectivity index (χ0n) is 17.2. The van der Waals surface area contributed by atoms with Crippen LogP contribution >= 0.6 is 11.6 Å². The molecule has 0 radical (unpaired) electrons. The van der Waals surface area contributed by atoms with Crippen molar-refractivity contribution in [1.29, 1.82) is 0 Å². The van der Waals surface area contributed by atoms with Crippen molar-refractivity contribution in [3.8, 4) is 22.6 Å². The van der Waals surface area contributed by atoms with Crippen LogP contribution in [0.25, 0.3) is 33.5 Å². The third-order valence-electron chi connectivity index (χ3n) is 4.68. The average molecular weight is 439 g/mol. The first-order valence-electron chi connectivity index (χ1n) is 9.73. The standard InChI is InChI=1S/C21H23ClN6OSi/c1-30(2,3)9-8-29-14-28-21(18-11-20(22)26-13-25-18)16-10-15(4-5-17(16)27-28)19-12-23-6-7-24-19/h4-7,10-13H,8-9,14H2,1-3H3. The van der Waals surface area contributed by atoms with Crippen LogP contribution in [0.4, 0.5) is 0 Å². The Morgan fingerprint density at radius 1 is 1.03 bits per heavy atom. The molecular formula is C21H23ClN6OSi. The molecule has 0 aliphatic rings. The first-order chi connectivity index (χ1) is 14.4. The first kappa shape index (κ1) is 20.6. The second-order valence-electron chi connectivity index (χ2n) is 8.24. The molecule has 1 aromatic carbocycles. The molecule has 0 atom stereocenters. The van der Waals surface area contributed by atoms with E-state index in [1.54, 1.807) is 24.7 Å². The van der Waals surface area contributed by atoms with Gasteiger partial charge in [0.1, 0.15) is 18.2 Å². The fourth-order valence-electron chi connectivity index (χ4n) is 3.10. The third kappa shape index (κ3) is 4.72.